The normalized spacial score (nSPS) is 18.3. The maximum Gasteiger partial charge on any atom is 0.240 e. The number of hydrogen-bond donors (Lipinski definition) is 2. The van der Waals surface area contributed by atoms with Gasteiger partial charge in [-0.25, -0.2) is 13.1 Å². The smallest absolute Gasteiger partial charge is 0.240 e. The van der Waals surface area contributed by atoms with Crippen LogP contribution in [-0.2, 0) is 14.8 Å². The van der Waals surface area contributed by atoms with Crippen LogP contribution in [0.25, 0.3) is 0 Å². The number of nitrogens with one attached hydrogen (secondary N) is 2. The zero-order valence-electron chi connectivity index (χ0n) is 13.6. The Bertz CT molecular complexity index is 602. The average molecular weight is 326 g/mol. The summed E-state index contributed by atoms with van der Waals surface area (Å²) < 4.78 is 33.1. The number of benzene rings is 1. The highest BCUT2D eigenvalue weighted by molar-refractivity contribution is 7.89. The minimum absolute atomic E-state index is 0.118. The van der Waals surface area contributed by atoms with Gasteiger partial charge in [0.05, 0.1) is 11.5 Å². The first kappa shape index (κ1) is 17.4. The molecule has 1 heterocycles. The van der Waals surface area contributed by atoms with Crippen molar-refractivity contribution in [1.29, 1.82) is 0 Å². The zero-order valence-corrected chi connectivity index (χ0v) is 14.4. The number of hydrogen-bond acceptors (Lipinski definition) is 4. The Morgan fingerprint density at radius 3 is 2.50 bits per heavy atom. The molecule has 0 unspecified atom stereocenters. The number of rotatable bonds is 6. The summed E-state index contributed by atoms with van der Waals surface area (Å²) in [4.78, 5) is 0.331. The van der Waals surface area contributed by atoms with E-state index in [0.29, 0.717) is 18.0 Å². The SMILES string of the molecule is COCC1(CNS(=O)(=O)c2ccc(C)c(C)c2)CCNCC1. The summed E-state index contributed by atoms with van der Waals surface area (Å²) in [5.74, 6) is 0. The summed E-state index contributed by atoms with van der Waals surface area (Å²) >= 11 is 0. The molecule has 1 aliphatic heterocycles. The van der Waals surface area contributed by atoms with Crippen LogP contribution in [0.3, 0.4) is 0 Å². The number of sulfonamides is 1. The van der Waals surface area contributed by atoms with Gasteiger partial charge in [0.15, 0.2) is 0 Å². The maximum absolute atomic E-state index is 12.5. The summed E-state index contributed by atoms with van der Waals surface area (Å²) in [5.41, 5.74) is 1.96. The first-order valence-electron chi connectivity index (χ1n) is 7.65. The highest BCUT2D eigenvalue weighted by atomic mass is 32.2. The van der Waals surface area contributed by atoms with E-state index in [9.17, 15) is 8.42 Å². The van der Waals surface area contributed by atoms with Gasteiger partial charge >= 0.3 is 0 Å². The maximum atomic E-state index is 12.5. The monoisotopic (exact) mass is 326 g/mol. The molecule has 0 saturated carbocycles. The molecule has 0 amide bonds. The zero-order chi connectivity index (χ0) is 16.2. The highest BCUT2D eigenvalue weighted by Gasteiger charge is 2.33. The fraction of sp³-hybridized carbons (Fsp3) is 0.625. The lowest BCUT2D eigenvalue weighted by atomic mass is 9.80. The third-order valence-electron chi connectivity index (χ3n) is 4.54. The molecule has 6 heteroatoms. The standard InChI is InChI=1S/C16H26N2O3S/c1-13-4-5-15(10-14(13)2)22(19,20)18-11-16(12-21-3)6-8-17-9-7-16/h4-5,10,17-18H,6-9,11-12H2,1-3H3. The average Bonchev–Trinajstić information content (AvgIpc) is 2.49. The van der Waals surface area contributed by atoms with Crippen LogP contribution in [0.2, 0.25) is 0 Å². The van der Waals surface area contributed by atoms with Crippen molar-refractivity contribution >= 4 is 10.0 Å². The third kappa shape index (κ3) is 4.07. The second-order valence-electron chi connectivity index (χ2n) is 6.25. The minimum Gasteiger partial charge on any atom is -0.384 e. The summed E-state index contributed by atoms with van der Waals surface area (Å²) in [5, 5.41) is 3.31. The number of aryl methyl sites for hydroxylation is 2. The summed E-state index contributed by atoms with van der Waals surface area (Å²) in [7, 11) is -1.81. The number of ether oxygens (including phenoxy) is 1. The van der Waals surface area contributed by atoms with Crippen molar-refractivity contribution in [3.8, 4) is 0 Å². The topological polar surface area (TPSA) is 67.4 Å². The Balaban J connectivity index is 2.12. The van der Waals surface area contributed by atoms with Crippen LogP contribution < -0.4 is 10.0 Å². The van der Waals surface area contributed by atoms with Crippen molar-refractivity contribution < 1.29 is 13.2 Å². The van der Waals surface area contributed by atoms with E-state index in [4.69, 9.17) is 4.74 Å². The molecule has 0 atom stereocenters. The van der Waals surface area contributed by atoms with Crippen LogP contribution in [0.5, 0.6) is 0 Å². The lowest BCUT2D eigenvalue weighted by molar-refractivity contribution is 0.0577. The van der Waals surface area contributed by atoms with Crippen molar-refractivity contribution in [2.45, 2.75) is 31.6 Å². The highest BCUT2D eigenvalue weighted by Crippen LogP contribution is 2.29. The Labute approximate surface area is 133 Å². The molecule has 22 heavy (non-hydrogen) atoms. The lowest BCUT2D eigenvalue weighted by Gasteiger charge is -2.37. The van der Waals surface area contributed by atoms with Crippen molar-refractivity contribution in [3.05, 3.63) is 29.3 Å². The molecule has 0 radical (unpaired) electrons. The van der Waals surface area contributed by atoms with Crippen LogP contribution in [0.15, 0.2) is 23.1 Å². The number of methoxy groups -OCH3 is 1. The second kappa shape index (κ2) is 7.08. The molecule has 0 spiro atoms. The third-order valence-corrected chi connectivity index (χ3v) is 5.94. The van der Waals surface area contributed by atoms with E-state index < -0.39 is 10.0 Å². The molecule has 0 aliphatic carbocycles. The van der Waals surface area contributed by atoms with Crippen LogP contribution in [0.4, 0.5) is 0 Å². The van der Waals surface area contributed by atoms with E-state index in [2.05, 4.69) is 10.0 Å². The Morgan fingerprint density at radius 2 is 1.91 bits per heavy atom. The molecule has 0 aromatic heterocycles. The van der Waals surface area contributed by atoms with E-state index in [1.807, 2.05) is 19.9 Å². The van der Waals surface area contributed by atoms with E-state index in [0.717, 1.165) is 37.1 Å². The molecule has 2 N–H and O–H groups in total. The van der Waals surface area contributed by atoms with Crippen LogP contribution in [-0.4, -0.2) is 41.8 Å². The van der Waals surface area contributed by atoms with Gasteiger partial charge in [-0.3, -0.25) is 0 Å². The molecule has 1 aromatic carbocycles. The van der Waals surface area contributed by atoms with Gasteiger partial charge in [-0.15, -0.1) is 0 Å². The van der Waals surface area contributed by atoms with Crippen molar-refractivity contribution in [3.63, 3.8) is 0 Å². The van der Waals surface area contributed by atoms with Gasteiger partial charge in [0, 0.05) is 19.1 Å². The van der Waals surface area contributed by atoms with Gasteiger partial charge in [0.1, 0.15) is 0 Å². The van der Waals surface area contributed by atoms with Crippen molar-refractivity contribution in [2.24, 2.45) is 5.41 Å². The summed E-state index contributed by atoms with van der Waals surface area (Å²) in [6.07, 6.45) is 1.83. The van der Waals surface area contributed by atoms with E-state index in [1.165, 1.54) is 0 Å². The van der Waals surface area contributed by atoms with Gasteiger partial charge in [0.2, 0.25) is 10.0 Å². The summed E-state index contributed by atoms with van der Waals surface area (Å²) in [6, 6.07) is 5.23. The van der Waals surface area contributed by atoms with Gasteiger partial charge in [0.25, 0.3) is 0 Å². The van der Waals surface area contributed by atoms with E-state index >= 15 is 0 Å². The fourth-order valence-corrected chi connectivity index (χ4v) is 4.09. The van der Waals surface area contributed by atoms with Crippen LogP contribution in [0.1, 0.15) is 24.0 Å². The molecule has 124 valence electrons. The second-order valence-corrected chi connectivity index (χ2v) is 8.02. The van der Waals surface area contributed by atoms with Gasteiger partial charge in [-0.1, -0.05) is 6.07 Å². The molecular formula is C16H26N2O3S. The number of piperidine rings is 1. The van der Waals surface area contributed by atoms with E-state index in [1.54, 1.807) is 19.2 Å². The molecule has 1 aromatic rings. The first-order valence-corrected chi connectivity index (χ1v) is 9.13. The summed E-state index contributed by atoms with van der Waals surface area (Å²) in [6.45, 7) is 6.68. The molecular weight excluding hydrogens is 300 g/mol. The van der Waals surface area contributed by atoms with Crippen LogP contribution >= 0.6 is 0 Å². The van der Waals surface area contributed by atoms with Crippen LogP contribution in [0, 0.1) is 19.3 Å². The van der Waals surface area contributed by atoms with Gasteiger partial charge < -0.3 is 10.1 Å². The molecule has 0 bridgehead atoms. The van der Waals surface area contributed by atoms with E-state index in [-0.39, 0.29) is 5.41 Å². The largest absolute Gasteiger partial charge is 0.384 e. The molecule has 1 saturated heterocycles. The van der Waals surface area contributed by atoms with Gasteiger partial charge in [-0.2, -0.15) is 0 Å². The predicted octanol–water partition coefficient (Wildman–Crippen LogP) is 1.60. The fourth-order valence-electron chi connectivity index (χ4n) is 2.85. The Morgan fingerprint density at radius 1 is 1.23 bits per heavy atom. The predicted molar refractivity (Wildman–Crippen MR) is 87.5 cm³/mol. The Hall–Kier alpha value is -0.950. The molecule has 2 rings (SSSR count). The Kier molecular flexibility index (Phi) is 5.60. The first-order chi connectivity index (χ1) is 10.4. The molecule has 1 fully saturated rings. The van der Waals surface area contributed by atoms with Crippen molar-refractivity contribution in [2.75, 3.05) is 33.4 Å². The van der Waals surface area contributed by atoms with Crippen molar-refractivity contribution in [1.82, 2.24) is 10.0 Å². The molecule has 5 nitrogen and oxygen atoms in total. The quantitative estimate of drug-likeness (QED) is 0.833. The molecule has 1 aliphatic rings. The lowest BCUT2D eigenvalue weighted by Crippen LogP contribution is -2.47. The minimum atomic E-state index is -3.48. The van der Waals surface area contributed by atoms with Gasteiger partial charge in [-0.05, 0) is 63.0 Å².